The lowest BCUT2D eigenvalue weighted by atomic mass is 10.0. The van der Waals surface area contributed by atoms with Gasteiger partial charge in [-0.2, -0.15) is 0 Å². The van der Waals surface area contributed by atoms with E-state index in [1.165, 1.54) is 22.4 Å². The van der Waals surface area contributed by atoms with Gasteiger partial charge in [-0.1, -0.05) is 54.6 Å². The summed E-state index contributed by atoms with van der Waals surface area (Å²) >= 11 is 0. The Labute approximate surface area is 122 Å². The van der Waals surface area contributed by atoms with E-state index in [-0.39, 0.29) is 0 Å². The molecule has 2 aromatic carbocycles. The first-order chi connectivity index (χ1) is 9.55. The van der Waals surface area contributed by atoms with Gasteiger partial charge in [0.2, 0.25) is 0 Å². The predicted molar refractivity (Wildman–Crippen MR) is 92.7 cm³/mol. The number of rotatable bonds is 1. The molecule has 2 heteroatoms. The summed E-state index contributed by atoms with van der Waals surface area (Å²) < 4.78 is 2.60. The van der Waals surface area contributed by atoms with Gasteiger partial charge in [-0.15, -0.1) is 0 Å². The molecule has 0 bridgehead atoms. The van der Waals surface area contributed by atoms with E-state index in [1.807, 2.05) is 0 Å². The van der Waals surface area contributed by atoms with Crippen LogP contribution in [0.15, 0.2) is 48.5 Å². The first kappa shape index (κ1) is 13.4. The van der Waals surface area contributed by atoms with E-state index in [0.29, 0.717) is 0 Å². The Morgan fingerprint density at radius 2 is 1.40 bits per heavy atom. The normalized spacial score (nSPS) is 15.8. The van der Waals surface area contributed by atoms with Gasteiger partial charge in [-0.3, -0.25) is 0 Å². The fourth-order valence-electron chi connectivity index (χ4n) is 2.67. The quantitative estimate of drug-likeness (QED) is 0.665. The summed E-state index contributed by atoms with van der Waals surface area (Å²) in [6.45, 7) is 8.15. The van der Waals surface area contributed by atoms with Crippen molar-refractivity contribution in [2.45, 2.75) is 6.54 Å². The van der Waals surface area contributed by atoms with Crippen molar-refractivity contribution in [3.8, 4) is 0 Å². The molecule has 0 unspecified atom stereocenters. The summed E-state index contributed by atoms with van der Waals surface area (Å²) in [5.74, 6) is 0. The maximum Gasteiger partial charge on any atom is 0.0966 e. The lowest BCUT2D eigenvalue weighted by molar-refractivity contribution is 1.03. The van der Waals surface area contributed by atoms with E-state index < -0.39 is 7.41 Å². The highest BCUT2D eigenvalue weighted by Gasteiger charge is 2.31. The van der Waals surface area contributed by atoms with Crippen LogP contribution in [0, 0.1) is 0 Å². The molecule has 1 heterocycles. The topological polar surface area (TPSA) is 3.24 Å². The van der Waals surface area contributed by atoms with Crippen molar-refractivity contribution in [2.24, 2.45) is 0 Å². The van der Waals surface area contributed by atoms with Crippen molar-refractivity contribution < 1.29 is 0 Å². The van der Waals surface area contributed by atoms with Crippen LogP contribution in [0.5, 0.6) is 0 Å². The van der Waals surface area contributed by atoms with E-state index in [4.69, 9.17) is 0 Å². The van der Waals surface area contributed by atoms with Crippen LogP contribution in [0.25, 0.3) is 12.2 Å². The summed E-state index contributed by atoms with van der Waals surface area (Å²) in [4.78, 5) is 0. The van der Waals surface area contributed by atoms with Gasteiger partial charge < -0.3 is 0 Å². The fraction of sp³-hybridized carbons (Fsp3) is 0.222. The predicted octanol–water partition coefficient (Wildman–Crippen LogP) is 5.00. The molecule has 1 aliphatic rings. The number of benzene rings is 2. The minimum Gasteiger partial charge on any atom is -0.245 e. The van der Waals surface area contributed by atoms with Gasteiger partial charge in [0, 0.05) is 5.56 Å². The Balaban J connectivity index is 2.20. The molecule has 0 aromatic heterocycles. The molecule has 0 aliphatic carbocycles. The van der Waals surface area contributed by atoms with Crippen LogP contribution in [0.1, 0.15) is 16.7 Å². The highest BCUT2D eigenvalue weighted by molar-refractivity contribution is 7.75. The molecule has 1 nitrogen and oxygen atoms in total. The first-order valence-electron chi connectivity index (χ1n) is 7.00. The lowest BCUT2D eigenvalue weighted by Crippen LogP contribution is -2.23. The van der Waals surface area contributed by atoms with Crippen molar-refractivity contribution in [1.29, 1.82) is 0 Å². The summed E-state index contributed by atoms with van der Waals surface area (Å²) in [5, 5.41) is 0. The highest BCUT2D eigenvalue weighted by Crippen LogP contribution is 2.55. The zero-order chi connectivity index (χ0) is 14.2. The number of hydrogen-bond acceptors (Lipinski definition) is 1. The van der Waals surface area contributed by atoms with E-state index in [2.05, 4.69) is 85.3 Å². The maximum absolute atomic E-state index is 2.60. The van der Waals surface area contributed by atoms with Crippen LogP contribution in [0.3, 0.4) is 0 Å². The van der Waals surface area contributed by atoms with E-state index in [0.717, 1.165) is 6.54 Å². The minimum atomic E-state index is -1.13. The molecule has 1 aliphatic heterocycles. The van der Waals surface area contributed by atoms with Crippen LogP contribution >= 0.6 is 7.41 Å². The number of anilines is 1. The number of para-hydroxylation sites is 1. The molecule has 2 aromatic rings. The van der Waals surface area contributed by atoms with Crippen LogP contribution in [0.2, 0.25) is 0 Å². The lowest BCUT2D eigenvalue weighted by Gasteiger charge is -2.33. The Bertz CT molecular complexity index is 652. The van der Waals surface area contributed by atoms with E-state index in [9.17, 15) is 0 Å². The third kappa shape index (κ3) is 2.51. The molecule has 0 fully saturated rings. The van der Waals surface area contributed by atoms with Gasteiger partial charge in [-0.25, -0.2) is 4.67 Å². The zero-order valence-electron chi connectivity index (χ0n) is 12.4. The molecule has 0 atom stereocenters. The summed E-state index contributed by atoms with van der Waals surface area (Å²) in [6, 6.07) is 17.4. The minimum absolute atomic E-state index is 0.995. The second-order valence-electron chi connectivity index (χ2n) is 6.09. The Morgan fingerprint density at radius 3 is 2.15 bits per heavy atom. The Kier molecular flexibility index (Phi) is 3.40. The molecular weight excluding hydrogens is 261 g/mol. The summed E-state index contributed by atoms with van der Waals surface area (Å²) in [7, 11) is -1.13. The molecule has 0 saturated carbocycles. The molecule has 0 amide bonds. The standard InChI is InChI=1S/C18H21NP/c1-20(2,3)19-14-17-10-5-4-8-15(17)12-13-16-9-6-7-11-18(16)19/h4-13H,14H2,1-3H3/q+1/b13-12-. The third-order valence-electron chi connectivity index (χ3n) is 3.76. The molecule has 0 spiro atoms. The molecule has 3 rings (SSSR count). The number of hydrogen-bond donors (Lipinski definition) is 0. The van der Waals surface area contributed by atoms with Crippen molar-refractivity contribution in [2.75, 3.05) is 24.7 Å². The molecule has 0 N–H and O–H groups in total. The number of fused-ring (bicyclic) bond motifs is 2. The fourth-order valence-corrected chi connectivity index (χ4v) is 4.07. The van der Waals surface area contributed by atoms with Gasteiger partial charge in [-0.05, 0) is 17.2 Å². The van der Waals surface area contributed by atoms with E-state index >= 15 is 0 Å². The third-order valence-corrected chi connectivity index (χ3v) is 5.56. The van der Waals surface area contributed by atoms with Crippen LogP contribution in [0.4, 0.5) is 5.69 Å². The van der Waals surface area contributed by atoms with Gasteiger partial charge in [0.25, 0.3) is 0 Å². The largest absolute Gasteiger partial charge is 0.245 e. The average molecular weight is 282 g/mol. The summed E-state index contributed by atoms with van der Waals surface area (Å²) in [6.07, 6.45) is 4.49. The smallest absolute Gasteiger partial charge is 0.0966 e. The Morgan fingerprint density at radius 1 is 0.800 bits per heavy atom. The van der Waals surface area contributed by atoms with Crippen molar-refractivity contribution in [3.05, 3.63) is 65.2 Å². The monoisotopic (exact) mass is 282 g/mol. The average Bonchev–Trinajstić information content (AvgIpc) is 2.40. The van der Waals surface area contributed by atoms with Gasteiger partial charge in [0.15, 0.2) is 0 Å². The first-order valence-corrected chi connectivity index (χ1v) is 10.1. The van der Waals surface area contributed by atoms with Gasteiger partial charge >= 0.3 is 0 Å². The van der Waals surface area contributed by atoms with Crippen molar-refractivity contribution >= 4 is 25.3 Å². The number of nitrogens with zero attached hydrogens (tertiary/aromatic N) is 1. The van der Waals surface area contributed by atoms with Crippen LogP contribution in [-0.4, -0.2) is 20.0 Å². The molecular formula is C18H21NP+. The van der Waals surface area contributed by atoms with Gasteiger partial charge in [0.05, 0.1) is 39.6 Å². The second-order valence-corrected chi connectivity index (χ2v) is 10.5. The molecule has 102 valence electrons. The second kappa shape index (κ2) is 5.07. The van der Waals surface area contributed by atoms with Crippen LogP contribution in [-0.2, 0) is 6.54 Å². The maximum atomic E-state index is 2.60. The van der Waals surface area contributed by atoms with Gasteiger partial charge in [0.1, 0.15) is 0 Å². The van der Waals surface area contributed by atoms with E-state index in [1.54, 1.807) is 0 Å². The summed E-state index contributed by atoms with van der Waals surface area (Å²) in [5.41, 5.74) is 5.42. The molecule has 0 saturated heterocycles. The highest BCUT2D eigenvalue weighted by atomic mass is 31.2. The zero-order valence-corrected chi connectivity index (χ0v) is 13.3. The van der Waals surface area contributed by atoms with Crippen LogP contribution < -0.4 is 4.67 Å². The molecule has 0 radical (unpaired) electrons. The van der Waals surface area contributed by atoms with Crippen molar-refractivity contribution in [1.82, 2.24) is 0 Å². The molecule has 20 heavy (non-hydrogen) atoms. The Hall–Kier alpha value is -1.59. The van der Waals surface area contributed by atoms with Crippen molar-refractivity contribution in [3.63, 3.8) is 0 Å². The SMILES string of the molecule is C[P+](C)(C)N1Cc2ccccc2/C=C\c2ccccc21.